The number of aromatic nitrogens is 1. The van der Waals surface area contributed by atoms with Crippen molar-refractivity contribution in [1.82, 2.24) is 4.57 Å². The highest BCUT2D eigenvalue weighted by atomic mass is 16.1. The van der Waals surface area contributed by atoms with Crippen LogP contribution < -0.4 is 5.73 Å². The topological polar surface area (TPSA) is 48.0 Å². The van der Waals surface area contributed by atoms with Crippen LogP contribution in [-0.2, 0) is 10.2 Å². The van der Waals surface area contributed by atoms with Gasteiger partial charge in [0, 0.05) is 17.1 Å². The zero-order valence-electron chi connectivity index (χ0n) is 12.8. The van der Waals surface area contributed by atoms with E-state index in [2.05, 4.69) is 30.5 Å². The van der Waals surface area contributed by atoms with Gasteiger partial charge in [-0.1, -0.05) is 18.2 Å². The average molecular weight is 270 g/mol. The molecule has 1 heterocycles. The van der Waals surface area contributed by atoms with Crippen molar-refractivity contribution < 1.29 is 4.79 Å². The molecule has 1 aromatic carbocycles. The predicted molar refractivity (Wildman–Crippen MR) is 82.2 cm³/mol. The third-order valence-corrected chi connectivity index (χ3v) is 4.21. The third kappa shape index (κ3) is 2.03. The molecule has 0 bridgehead atoms. The minimum Gasteiger partial charge on any atom is -0.369 e. The quantitative estimate of drug-likeness (QED) is 0.915. The molecular formula is C17H22N2O. The predicted octanol–water partition coefficient (Wildman–Crippen LogP) is 3.17. The molecule has 3 heteroatoms. The van der Waals surface area contributed by atoms with Gasteiger partial charge in [-0.05, 0) is 57.9 Å². The SMILES string of the molecule is Cc1c(C(C)(C)C(N)=O)c(C)n(-c2ccccc2)c1C. The van der Waals surface area contributed by atoms with E-state index < -0.39 is 5.41 Å². The van der Waals surface area contributed by atoms with Gasteiger partial charge in [0.25, 0.3) is 0 Å². The van der Waals surface area contributed by atoms with Gasteiger partial charge in [0.05, 0.1) is 5.41 Å². The summed E-state index contributed by atoms with van der Waals surface area (Å²) < 4.78 is 2.19. The number of primary amides is 1. The lowest BCUT2D eigenvalue weighted by atomic mass is 9.81. The maximum atomic E-state index is 11.8. The van der Waals surface area contributed by atoms with Gasteiger partial charge in [0.2, 0.25) is 5.91 Å². The molecule has 0 spiro atoms. The van der Waals surface area contributed by atoms with Crippen LogP contribution in [0.4, 0.5) is 0 Å². The first kappa shape index (κ1) is 14.4. The lowest BCUT2D eigenvalue weighted by Gasteiger charge is -2.22. The average Bonchev–Trinajstić information content (AvgIpc) is 2.61. The van der Waals surface area contributed by atoms with Gasteiger partial charge in [-0.25, -0.2) is 0 Å². The Bertz CT molecular complexity index is 651. The van der Waals surface area contributed by atoms with E-state index in [1.54, 1.807) is 0 Å². The van der Waals surface area contributed by atoms with Gasteiger partial charge in [0.1, 0.15) is 0 Å². The van der Waals surface area contributed by atoms with E-state index in [1.165, 1.54) is 0 Å². The number of amides is 1. The van der Waals surface area contributed by atoms with E-state index in [0.29, 0.717) is 0 Å². The lowest BCUT2D eigenvalue weighted by Crippen LogP contribution is -2.36. The van der Waals surface area contributed by atoms with Crippen molar-refractivity contribution in [3.05, 3.63) is 52.8 Å². The van der Waals surface area contributed by atoms with Crippen LogP contribution in [-0.4, -0.2) is 10.5 Å². The molecular weight excluding hydrogens is 248 g/mol. The minimum atomic E-state index is -0.668. The van der Waals surface area contributed by atoms with E-state index >= 15 is 0 Å². The summed E-state index contributed by atoms with van der Waals surface area (Å²) in [7, 11) is 0. The first-order chi connectivity index (χ1) is 9.28. The summed E-state index contributed by atoms with van der Waals surface area (Å²) in [5.41, 5.74) is 10.4. The number of rotatable bonds is 3. The van der Waals surface area contributed by atoms with Gasteiger partial charge in [-0.15, -0.1) is 0 Å². The summed E-state index contributed by atoms with van der Waals surface area (Å²) in [5, 5.41) is 0. The fraction of sp³-hybridized carbons (Fsp3) is 0.353. The fourth-order valence-corrected chi connectivity index (χ4v) is 2.99. The highest BCUT2D eigenvalue weighted by Gasteiger charge is 2.33. The number of hydrogen-bond acceptors (Lipinski definition) is 1. The van der Waals surface area contributed by atoms with Crippen molar-refractivity contribution in [2.24, 2.45) is 5.73 Å². The molecule has 0 radical (unpaired) electrons. The number of carbonyl (C=O) groups excluding carboxylic acids is 1. The van der Waals surface area contributed by atoms with Crippen molar-refractivity contribution in [2.75, 3.05) is 0 Å². The van der Waals surface area contributed by atoms with Crippen LogP contribution in [0.25, 0.3) is 5.69 Å². The minimum absolute atomic E-state index is 0.297. The third-order valence-electron chi connectivity index (χ3n) is 4.21. The number of para-hydroxylation sites is 1. The molecule has 1 aromatic heterocycles. The molecule has 0 aliphatic carbocycles. The Balaban J connectivity index is 2.74. The van der Waals surface area contributed by atoms with Gasteiger partial charge >= 0.3 is 0 Å². The second kappa shape index (κ2) is 4.82. The van der Waals surface area contributed by atoms with Crippen molar-refractivity contribution in [2.45, 2.75) is 40.0 Å². The molecule has 3 nitrogen and oxygen atoms in total. The Hall–Kier alpha value is -2.03. The summed E-state index contributed by atoms with van der Waals surface area (Å²) in [4.78, 5) is 11.8. The Morgan fingerprint density at radius 3 is 2.10 bits per heavy atom. The van der Waals surface area contributed by atoms with E-state index in [9.17, 15) is 4.79 Å². The normalized spacial score (nSPS) is 11.7. The van der Waals surface area contributed by atoms with Crippen molar-refractivity contribution in [3.8, 4) is 5.69 Å². The molecule has 0 fully saturated rings. The number of nitrogens with two attached hydrogens (primary N) is 1. The summed E-state index contributed by atoms with van der Waals surface area (Å²) >= 11 is 0. The number of hydrogen-bond donors (Lipinski definition) is 1. The molecule has 0 aliphatic rings. The maximum absolute atomic E-state index is 11.8. The van der Waals surface area contributed by atoms with Gasteiger partial charge < -0.3 is 10.3 Å². The van der Waals surface area contributed by atoms with E-state index in [0.717, 1.165) is 28.2 Å². The van der Waals surface area contributed by atoms with Gasteiger partial charge in [0.15, 0.2) is 0 Å². The maximum Gasteiger partial charge on any atom is 0.227 e. The number of carbonyl (C=O) groups is 1. The van der Waals surface area contributed by atoms with Crippen LogP contribution in [0.2, 0.25) is 0 Å². The van der Waals surface area contributed by atoms with Crippen LogP contribution in [0.1, 0.15) is 36.4 Å². The molecule has 0 saturated carbocycles. The molecule has 0 unspecified atom stereocenters. The molecule has 0 saturated heterocycles. The van der Waals surface area contributed by atoms with E-state index in [-0.39, 0.29) is 5.91 Å². The lowest BCUT2D eigenvalue weighted by molar-refractivity contribution is -0.122. The summed E-state index contributed by atoms with van der Waals surface area (Å²) in [6.45, 7) is 9.96. The molecule has 2 aromatic rings. The first-order valence-electron chi connectivity index (χ1n) is 6.82. The van der Waals surface area contributed by atoms with Crippen molar-refractivity contribution in [3.63, 3.8) is 0 Å². The van der Waals surface area contributed by atoms with Crippen LogP contribution >= 0.6 is 0 Å². The fourth-order valence-electron chi connectivity index (χ4n) is 2.99. The monoisotopic (exact) mass is 270 g/mol. The molecule has 1 amide bonds. The van der Waals surface area contributed by atoms with E-state index in [4.69, 9.17) is 5.73 Å². The highest BCUT2D eigenvalue weighted by molar-refractivity contribution is 5.86. The zero-order chi connectivity index (χ0) is 15.1. The van der Waals surface area contributed by atoms with Gasteiger partial charge in [-0.3, -0.25) is 4.79 Å². The number of benzene rings is 1. The first-order valence-corrected chi connectivity index (χ1v) is 6.82. The van der Waals surface area contributed by atoms with Crippen LogP contribution in [0.15, 0.2) is 30.3 Å². The largest absolute Gasteiger partial charge is 0.369 e. The molecule has 20 heavy (non-hydrogen) atoms. The Morgan fingerprint density at radius 2 is 1.60 bits per heavy atom. The smallest absolute Gasteiger partial charge is 0.227 e. The Kier molecular flexibility index (Phi) is 3.46. The standard InChI is InChI=1S/C17H22N2O/c1-11-12(2)19(14-9-7-6-8-10-14)13(3)15(11)17(4,5)16(18)20/h6-10H,1-5H3,(H2,18,20). The second-order valence-corrected chi connectivity index (χ2v) is 5.83. The number of nitrogens with zero attached hydrogens (tertiary/aromatic N) is 1. The van der Waals surface area contributed by atoms with Crippen LogP contribution in [0.5, 0.6) is 0 Å². The summed E-state index contributed by atoms with van der Waals surface area (Å²) in [5.74, 6) is -0.297. The van der Waals surface area contributed by atoms with Crippen molar-refractivity contribution >= 4 is 5.91 Å². The Morgan fingerprint density at radius 1 is 1.05 bits per heavy atom. The zero-order valence-corrected chi connectivity index (χ0v) is 12.8. The second-order valence-electron chi connectivity index (χ2n) is 5.83. The summed E-state index contributed by atoms with van der Waals surface area (Å²) in [6, 6.07) is 10.2. The molecule has 2 rings (SSSR count). The van der Waals surface area contributed by atoms with Crippen molar-refractivity contribution in [1.29, 1.82) is 0 Å². The molecule has 106 valence electrons. The molecule has 2 N–H and O–H groups in total. The molecule has 0 atom stereocenters. The van der Waals surface area contributed by atoms with Crippen LogP contribution in [0.3, 0.4) is 0 Å². The van der Waals surface area contributed by atoms with Gasteiger partial charge in [-0.2, -0.15) is 0 Å². The molecule has 0 aliphatic heterocycles. The Labute approximate surface area is 120 Å². The summed E-state index contributed by atoms with van der Waals surface area (Å²) in [6.07, 6.45) is 0. The van der Waals surface area contributed by atoms with Crippen LogP contribution in [0, 0.1) is 20.8 Å². The highest BCUT2D eigenvalue weighted by Crippen LogP contribution is 2.34. The van der Waals surface area contributed by atoms with E-state index in [1.807, 2.05) is 39.0 Å².